The quantitative estimate of drug-likeness (QED) is 0.197. The standard InChI is InChI=1S/C32H29N2O/c1-18-10-11-22-20(3)31-28(19(2)25(22)14-18)30-29-24(12-13-34(30)6)23-9-7-8-21(16-32(4,5)17-33)26(23)15-27(29)35-31/h7-15H,16H2,1-6H3/q+1. The van der Waals surface area contributed by atoms with Gasteiger partial charge in [0.05, 0.1) is 22.4 Å². The minimum Gasteiger partial charge on any atom is -0.455 e. The SMILES string of the molecule is Cc1ccc2c(C)c3c(c(C)c2c1)-c1c2c(cc4c(CC(C)(C)C#N)cccc4c2cc[n+]1C)O3. The Morgan fingerprint density at radius 2 is 1.69 bits per heavy atom. The van der Waals surface area contributed by atoms with Gasteiger partial charge in [0, 0.05) is 17.0 Å². The van der Waals surface area contributed by atoms with Crippen molar-refractivity contribution in [3.05, 3.63) is 77.0 Å². The van der Waals surface area contributed by atoms with Crippen molar-refractivity contribution >= 4 is 32.3 Å². The molecule has 35 heavy (non-hydrogen) atoms. The maximum atomic E-state index is 9.67. The van der Waals surface area contributed by atoms with Gasteiger partial charge in [-0.3, -0.25) is 0 Å². The molecule has 0 radical (unpaired) electrons. The Morgan fingerprint density at radius 3 is 2.46 bits per heavy atom. The lowest BCUT2D eigenvalue weighted by Crippen LogP contribution is -2.32. The van der Waals surface area contributed by atoms with E-state index >= 15 is 0 Å². The van der Waals surface area contributed by atoms with E-state index in [0.29, 0.717) is 6.42 Å². The number of hydrogen-bond donors (Lipinski definition) is 0. The van der Waals surface area contributed by atoms with Crippen LogP contribution in [-0.2, 0) is 13.5 Å². The molecule has 0 atom stereocenters. The molecule has 1 aromatic heterocycles. The van der Waals surface area contributed by atoms with Crippen LogP contribution in [0, 0.1) is 37.5 Å². The molecule has 3 heteroatoms. The number of nitrogens with zero attached hydrogens (tertiary/aromatic N) is 2. The van der Waals surface area contributed by atoms with E-state index in [9.17, 15) is 5.26 Å². The van der Waals surface area contributed by atoms with E-state index in [2.05, 4.69) is 93.2 Å². The Kier molecular flexibility index (Phi) is 4.51. The van der Waals surface area contributed by atoms with Crippen LogP contribution in [0.4, 0.5) is 0 Å². The lowest BCUT2D eigenvalue weighted by atomic mass is 9.84. The third-order valence-electron chi connectivity index (χ3n) is 7.64. The monoisotopic (exact) mass is 457 g/mol. The maximum absolute atomic E-state index is 9.67. The molecule has 3 nitrogen and oxygen atoms in total. The highest BCUT2D eigenvalue weighted by atomic mass is 16.5. The van der Waals surface area contributed by atoms with E-state index in [4.69, 9.17) is 4.74 Å². The summed E-state index contributed by atoms with van der Waals surface area (Å²) >= 11 is 0. The van der Waals surface area contributed by atoms with Gasteiger partial charge in [0.25, 0.3) is 0 Å². The number of fused-ring (bicyclic) bond motifs is 5. The van der Waals surface area contributed by atoms with E-state index in [1.165, 1.54) is 55.1 Å². The van der Waals surface area contributed by atoms with Crippen molar-refractivity contribution in [3.63, 3.8) is 0 Å². The first-order chi connectivity index (χ1) is 16.7. The van der Waals surface area contributed by atoms with Crippen LogP contribution in [-0.4, -0.2) is 0 Å². The van der Waals surface area contributed by atoms with E-state index < -0.39 is 5.41 Å². The fraction of sp³-hybridized carbons (Fsp3) is 0.250. The number of aromatic nitrogens is 1. The number of nitriles is 1. The summed E-state index contributed by atoms with van der Waals surface area (Å²) in [4.78, 5) is 0. The highest BCUT2D eigenvalue weighted by Gasteiger charge is 2.33. The largest absolute Gasteiger partial charge is 0.455 e. The molecule has 0 unspecified atom stereocenters. The third-order valence-corrected chi connectivity index (χ3v) is 7.64. The van der Waals surface area contributed by atoms with Gasteiger partial charge in [-0.05, 0) is 79.8 Å². The molecule has 0 saturated heterocycles. The van der Waals surface area contributed by atoms with E-state index in [1.807, 2.05) is 13.8 Å². The zero-order chi connectivity index (χ0) is 24.6. The molecule has 0 N–H and O–H groups in total. The van der Waals surface area contributed by atoms with Gasteiger partial charge in [-0.15, -0.1) is 0 Å². The average Bonchev–Trinajstić information content (AvgIpc) is 2.84. The topological polar surface area (TPSA) is 36.9 Å². The number of rotatable bonds is 2. The summed E-state index contributed by atoms with van der Waals surface area (Å²) in [6.45, 7) is 10.5. The van der Waals surface area contributed by atoms with Gasteiger partial charge >= 0.3 is 0 Å². The van der Waals surface area contributed by atoms with Crippen LogP contribution < -0.4 is 9.30 Å². The molecular formula is C32H29N2O+. The van der Waals surface area contributed by atoms with Gasteiger partial charge in [0.1, 0.15) is 18.5 Å². The Labute approximate surface area is 206 Å². The molecule has 1 aliphatic rings. The lowest BCUT2D eigenvalue weighted by Gasteiger charge is -2.25. The number of benzene rings is 4. The summed E-state index contributed by atoms with van der Waals surface area (Å²) in [7, 11) is 2.12. The summed E-state index contributed by atoms with van der Waals surface area (Å²) in [5, 5.41) is 16.9. The molecule has 6 rings (SSSR count). The van der Waals surface area contributed by atoms with Crippen LogP contribution >= 0.6 is 0 Å². The Balaban J connectivity index is 1.75. The molecule has 0 bridgehead atoms. The predicted octanol–water partition coefficient (Wildman–Crippen LogP) is 7.76. The number of hydrogen-bond acceptors (Lipinski definition) is 2. The van der Waals surface area contributed by atoms with Gasteiger partial charge in [0.15, 0.2) is 6.20 Å². The molecule has 2 heterocycles. The molecule has 0 spiro atoms. The number of pyridine rings is 1. The molecule has 172 valence electrons. The number of aryl methyl sites for hydroxylation is 4. The molecule has 5 aromatic rings. The molecule has 0 saturated carbocycles. The van der Waals surface area contributed by atoms with Crippen LogP contribution in [0.3, 0.4) is 0 Å². The molecule has 0 aliphatic carbocycles. The van der Waals surface area contributed by atoms with Gasteiger partial charge in [-0.1, -0.05) is 42.0 Å². The lowest BCUT2D eigenvalue weighted by molar-refractivity contribution is -0.659. The van der Waals surface area contributed by atoms with Gasteiger partial charge < -0.3 is 4.74 Å². The van der Waals surface area contributed by atoms with Crippen molar-refractivity contribution in [2.24, 2.45) is 12.5 Å². The third kappa shape index (κ3) is 3.06. The van der Waals surface area contributed by atoms with Crippen molar-refractivity contribution in [3.8, 4) is 28.8 Å². The van der Waals surface area contributed by atoms with Gasteiger partial charge in [-0.25, -0.2) is 4.57 Å². The van der Waals surface area contributed by atoms with Crippen LogP contribution in [0.1, 0.15) is 36.1 Å². The summed E-state index contributed by atoms with van der Waals surface area (Å²) in [5.41, 5.74) is 6.81. The van der Waals surface area contributed by atoms with Crippen LogP contribution in [0.25, 0.3) is 43.6 Å². The predicted molar refractivity (Wildman–Crippen MR) is 143 cm³/mol. The first-order valence-corrected chi connectivity index (χ1v) is 12.2. The second kappa shape index (κ2) is 7.30. The Hall–Kier alpha value is -3.90. The Bertz CT molecular complexity index is 1770. The van der Waals surface area contributed by atoms with Crippen LogP contribution in [0.2, 0.25) is 0 Å². The first kappa shape index (κ1) is 21.6. The smallest absolute Gasteiger partial charge is 0.228 e. The zero-order valence-electron chi connectivity index (χ0n) is 21.2. The van der Waals surface area contributed by atoms with Gasteiger partial charge in [-0.2, -0.15) is 5.26 Å². The molecule has 1 aliphatic heterocycles. The number of ether oxygens (including phenoxy) is 1. The second-order valence-corrected chi connectivity index (χ2v) is 10.7. The first-order valence-electron chi connectivity index (χ1n) is 12.2. The van der Waals surface area contributed by atoms with Crippen LogP contribution in [0.5, 0.6) is 11.5 Å². The zero-order valence-corrected chi connectivity index (χ0v) is 21.2. The van der Waals surface area contributed by atoms with E-state index in [0.717, 1.165) is 22.3 Å². The molecule has 4 aromatic carbocycles. The van der Waals surface area contributed by atoms with Crippen molar-refractivity contribution in [1.82, 2.24) is 0 Å². The molecule has 0 fully saturated rings. The fourth-order valence-electron chi connectivity index (χ4n) is 5.83. The highest BCUT2D eigenvalue weighted by molar-refractivity contribution is 6.16. The van der Waals surface area contributed by atoms with E-state index in [-0.39, 0.29) is 0 Å². The van der Waals surface area contributed by atoms with Crippen molar-refractivity contribution in [1.29, 1.82) is 5.26 Å². The second-order valence-electron chi connectivity index (χ2n) is 10.7. The minimum absolute atomic E-state index is 0.438. The fourth-order valence-corrected chi connectivity index (χ4v) is 5.83. The van der Waals surface area contributed by atoms with Crippen molar-refractivity contribution < 1.29 is 9.30 Å². The normalized spacial score (nSPS) is 12.6. The summed E-state index contributed by atoms with van der Waals surface area (Å²) in [6, 6.07) is 20.0. The molecular weight excluding hydrogens is 428 g/mol. The maximum Gasteiger partial charge on any atom is 0.228 e. The van der Waals surface area contributed by atoms with Crippen molar-refractivity contribution in [2.75, 3.05) is 0 Å². The summed E-state index contributed by atoms with van der Waals surface area (Å²) in [6.07, 6.45) is 2.86. The van der Waals surface area contributed by atoms with E-state index in [1.54, 1.807) is 0 Å². The molecule has 0 amide bonds. The highest BCUT2D eigenvalue weighted by Crippen LogP contribution is 2.52. The van der Waals surface area contributed by atoms with Crippen molar-refractivity contribution in [2.45, 2.75) is 41.0 Å². The summed E-state index contributed by atoms with van der Waals surface area (Å²) < 4.78 is 9.03. The average molecular weight is 458 g/mol. The Morgan fingerprint density at radius 1 is 0.886 bits per heavy atom. The minimum atomic E-state index is -0.438. The summed E-state index contributed by atoms with van der Waals surface area (Å²) in [5.74, 6) is 1.84. The van der Waals surface area contributed by atoms with Crippen LogP contribution in [0.15, 0.2) is 54.7 Å². The van der Waals surface area contributed by atoms with Gasteiger partial charge in [0.2, 0.25) is 5.69 Å².